The molecule has 0 radical (unpaired) electrons. The van der Waals surface area contributed by atoms with Crippen LogP contribution < -0.4 is 0 Å². The van der Waals surface area contributed by atoms with E-state index in [0.717, 1.165) is 18.2 Å². The Morgan fingerprint density at radius 2 is 1.54 bits per heavy atom. The zero-order valence-electron chi connectivity index (χ0n) is 23.4. The molecule has 0 amide bonds. The fraction of sp³-hybridized carbons (Fsp3) is 0.593. The molecule has 2 fully saturated rings. The van der Waals surface area contributed by atoms with Crippen molar-refractivity contribution in [2.45, 2.75) is 83.6 Å². The molecule has 0 spiro atoms. The predicted octanol–water partition coefficient (Wildman–Crippen LogP) is -0.626. The van der Waals surface area contributed by atoms with Crippen LogP contribution in [0.1, 0.15) is 51.9 Å². The molecular weight excluding hydrogens is 548 g/mol. The highest BCUT2D eigenvalue weighted by Gasteiger charge is 2.66. The lowest BCUT2D eigenvalue weighted by atomic mass is 9.57. The fourth-order valence-corrected chi connectivity index (χ4v) is 4.88. The zero-order chi connectivity index (χ0) is 31.5. The molecule has 1 aliphatic heterocycles. The van der Waals surface area contributed by atoms with Gasteiger partial charge in [0.2, 0.25) is 5.79 Å². The highest BCUT2D eigenvalue weighted by atomic mass is 16.8. The number of phenols is 3. The van der Waals surface area contributed by atoms with Gasteiger partial charge >= 0.3 is 5.97 Å². The van der Waals surface area contributed by atoms with Gasteiger partial charge in [-0.25, -0.2) is 4.79 Å². The SMILES string of the molecule is CC(C)(O)/C=C1/C(=O)C(C)(C)C(=O)C(C)(C)[C@]1(O)O[C@@H]1O[C@H](COC(=O)c2cc(O)c(O)c(O)c2)[C@@H](O)[C@H](O)[C@H]1O. The molecule has 1 saturated carbocycles. The number of hydrogen-bond acceptors (Lipinski definition) is 14. The van der Waals surface area contributed by atoms with Crippen molar-refractivity contribution in [3.05, 3.63) is 29.3 Å². The Morgan fingerprint density at radius 1 is 1.00 bits per heavy atom. The number of hydrogen-bond donors (Lipinski definition) is 8. The van der Waals surface area contributed by atoms with Gasteiger partial charge in [-0.3, -0.25) is 9.59 Å². The number of ether oxygens (including phenoxy) is 3. The molecule has 14 nitrogen and oxygen atoms in total. The lowest BCUT2D eigenvalue weighted by Crippen LogP contribution is -2.68. The maximum absolute atomic E-state index is 13.4. The van der Waals surface area contributed by atoms with Gasteiger partial charge in [0.1, 0.15) is 31.0 Å². The van der Waals surface area contributed by atoms with Gasteiger partial charge in [-0.05, 0) is 59.8 Å². The molecule has 1 aromatic carbocycles. The van der Waals surface area contributed by atoms with E-state index in [4.69, 9.17) is 14.2 Å². The summed E-state index contributed by atoms with van der Waals surface area (Å²) in [6, 6.07) is 1.60. The van der Waals surface area contributed by atoms with Gasteiger partial charge in [0.05, 0.1) is 27.6 Å². The van der Waals surface area contributed by atoms with E-state index >= 15 is 0 Å². The second-order valence-electron chi connectivity index (χ2n) is 11.9. The minimum absolute atomic E-state index is 0.393. The van der Waals surface area contributed by atoms with Crippen LogP contribution in [0.25, 0.3) is 0 Å². The Labute approximate surface area is 235 Å². The van der Waals surface area contributed by atoms with E-state index in [-0.39, 0.29) is 0 Å². The zero-order valence-corrected chi connectivity index (χ0v) is 23.4. The maximum Gasteiger partial charge on any atom is 0.338 e. The van der Waals surface area contributed by atoms with Crippen LogP contribution in [0.2, 0.25) is 0 Å². The summed E-state index contributed by atoms with van der Waals surface area (Å²) in [5.74, 6) is -8.07. The predicted molar refractivity (Wildman–Crippen MR) is 136 cm³/mol. The van der Waals surface area contributed by atoms with Gasteiger partial charge in [-0.2, -0.15) is 0 Å². The first-order valence-corrected chi connectivity index (χ1v) is 12.6. The standard InChI is InChI=1S/C27H36O14/c1-24(2,37)9-12-20(34)25(3,4)23(36)26(5,6)27(12,38)41-22-19(33)18(32)17(31)15(40-22)10-39-21(35)11-7-13(28)16(30)14(29)8-11/h7-9,15,17-19,22,28-33,37-38H,10H2,1-6H3/b12-9-/t15-,17-,18+,19-,22+,27-/m1/s1. The molecule has 228 valence electrons. The van der Waals surface area contributed by atoms with Crippen molar-refractivity contribution in [2.75, 3.05) is 6.61 Å². The summed E-state index contributed by atoms with van der Waals surface area (Å²) < 4.78 is 16.2. The van der Waals surface area contributed by atoms with Crippen LogP contribution in [-0.4, -0.2) is 107 Å². The number of phenolic OH excluding ortho intramolecular Hbond substituents is 3. The van der Waals surface area contributed by atoms with Crippen LogP contribution in [0, 0.1) is 10.8 Å². The van der Waals surface area contributed by atoms with E-state index in [1.807, 2.05) is 0 Å². The number of aromatic hydroxyl groups is 3. The second-order valence-corrected chi connectivity index (χ2v) is 11.9. The van der Waals surface area contributed by atoms with Crippen molar-refractivity contribution in [1.82, 2.24) is 0 Å². The first kappa shape index (κ1) is 32.4. The van der Waals surface area contributed by atoms with Crippen LogP contribution >= 0.6 is 0 Å². The van der Waals surface area contributed by atoms with Crippen LogP contribution in [0.4, 0.5) is 0 Å². The Kier molecular flexibility index (Phi) is 8.39. The number of carbonyl (C=O) groups is 3. The molecule has 41 heavy (non-hydrogen) atoms. The first-order chi connectivity index (χ1) is 18.6. The second kappa shape index (κ2) is 10.6. The van der Waals surface area contributed by atoms with Crippen LogP contribution in [0.15, 0.2) is 23.8 Å². The number of esters is 1. The Hall–Kier alpha value is -3.11. The highest BCUT2D eigenvalue weighted by molar-refractivity contribution is 6.19. The Bertz CT molecular complexity index is 1240. The summed E-state index contributed by atoms with van der Waals surface area (Å²) in [7, 11) is 0. The number of carbonyl (C=O) groups excluding carboxylic acids is 3. The largest absolute Gasteiger partial charge is 0.504 e. The van der Waals surface area contributed by atoms with Gasteiger partial charge in [0.15, 0.2) is 35.1 Å². The monoisotopic (exact) mass is 584 g/mol. The molecule has 3 rings (SSSR count). The lowest BCUT2D eigenvalue weighted by Gasteiger charge is -2.52. The van der Waals surface area contributed by atoms with Gasteiger partial charge in [0, 0.05) is 0 Å². The summed E-state index contributed by atoms with van der Waals surface area (Å²) in [6.07, 6.45) is -8.48. The molecule has 1 aromatic rings. The minimum Gasteiger partial charge on any atom is -0.504 e. The molecule has 1 heterocycles. The molecule has 1 saturated heterocycles. The van der Waals surface area contributed by atoms with E-state index in [9.17, 15) is 55.2 Å². The van der Waals surface area contributed by atoms with Gasteiger partial charge in [0.25, 0.3) is 0 Å². The first-order valence-electron chi connectivity index (χ1n) is 12.6. The van der Waals surface area contributed by atoms with Gasteiger partial charge < -0.3 is 55.1 Å². The van der Waals surface area contributed by atoms with E-state index in [0.29, 0.717) is 0 Å². The van der Waals surface area contributed by atoms with E-state index in [1.54, 1.807) is 0 Å². The smallest absolute Gasteiger partial charge is 0.338 e. The average molecular weight is 585 g/mol. The lowest BCUT2D eigenvalue weighted by molar-refractivity contribution is -0.369. The van der Waals surface area contributed by atoms with Gasteiger partial charge in [-0.1, -0.05) is 0 Å². The van der Waals surface area contributed by atoms with Crippen molar-refractivity contribution in [2.24, 2.45) is 10.8 Å². The summed E-state index contributed by atoms with van der Waals surface area (Å²) in [4.78, 5) is 39.2. The number of Topliss-reactive ketones (excluding diaryl/α,β-unsaturated/α-hetero) is 2. The van der Waals surface area contributed by atoms with Crippen LogP contribution in [-0.2, 0) is 23.8 Å². The minimum atomic E-state index is -2.81. The number of aliphatic hydroxyl groups is 5. The number of benzene rings is 1. The number of ketones is 2. The van der Waals surface area contributed by atoms with Crippen LogP contribution in [0.5, 0.6) is 17.2 Å². The number of rotatable bonds is 6. The Balaban J connectivity index is 1.93. The third kappa shape index (κ3) is 5.68. The molecule has 0 unspecified atom stereocenters. The molecule has 8 N–H and O–H groups in total. The molecule has 6 atom stereocenters. The van der Waals surface area contributed by atoms with Crippen molar-refractivity contribution < 1.29 is 69.4 Å². The fourth-order valence-electron chi connectivity index (χ4n) is 4.88. The van der Waals surface area contributed by atoms with Crippen LogP contribution in [0.3, 0.4) is 0 Å². The Morgan fingerprint density at radius 3 is 2.05 bits per heavy atom. The van der Waals surface area contributed by atoms with Crippen molar-refractivity contribution in [1.29, 1.82) is 0 Å². The van der Waals surface area contributed by atoms with E-state index in [2.05, 4.69) is 0 Å². The van der Waals surface area contributed by atoms with Crippen molar-refractivity contribution >= 4 is 17.5 Å². The molecule has 14 heteroatoms. The molecule has 1 aliphatic carbocycles. The van der Waals surface area contributed by atoms with Crippen molar-refractivity contribution in [3.8, 4) is 17.2 Å². The maximum atomic E-state index is 13.4. The third-order valence-corrected chi connectivity index (χ3v) is 7.30. The molecular formula is C27H36O14. The highest BCUT2D eigenvalue weighted by Crippen LogP contribution is 2.51. The van der Waals surface area contributed by atoms with E-state index in [1.165, 1.54) is 41.5 Å². The quantitative estimate of drug-likeness (QED) is 0.0683. The molecule has 0 bridgehead atoms. The number of aliphatic hydroxyl groups excluding tert-OH is 3. The normalized spacial score (nSPS) is 32.7. The van der Waals surface area contributed by atoms with Crippen molar-refractivity contribution in [3.63, 3.8) is 0 Å². The molecule has 0 aromatic heterocycles. The summed E-state index contributed by atoms with van der Waals surface area (Å²) in [5, 5.41) is 82.5. The molecule has 2 aliphatic rings. The van der Waals surface area contributed by atoms with E-state index < -0.39 is 105 Å². The summed E-state index contributed by atoms with van der Waals surface area (Å²) in [6.45, 7) is 7.10. The van der Waals surface area contributed by atoms with Gasteiger partial charge in [-0.15, -0.1) is 0 Å². The third-order valence-electron chi connectivity index (χ3n) is 7.30. The average Bonchev–Trinajstić information content (AvgIpc) is 2.87. The summed E-state index contributed by atoms with van der Waals surface area (Å²) >= 11 is 0. The topological polar surface area (TPSA) is 241 Å². The summed E-state index contributed by atoms with van der Waals surface area (Å²) in [5.41, 5.74) is -6.09.